The zero-order valence-corrected chi connectivity index (χ0v) is 7.64. The van der Waals surface area contributed by atoms with E-state index in [2.05, 4.69) is 0 Å². The first-order valence-corrected chi connectivity index (χ1v) is 4.07. The Morgan fingerprint density at radius 3 is 2.64 bits per heavy atom. The third kappa shape index (κ3) is 5.04. The summed E-state index contributed by atoms with van der Waals surface area (Å²) < 4.78 is 0. The van der Waals surface area contributed by atoms with Crippen LogP contribution in [0.2, 0.25) is 0 Å². The predicted octanol–water partition coefficient (Wildman–Crippen LogP) is 1.02. The second-order valence-corrected chi connectivity index (χ2v) is 3.09. The van der Waals surface area contributed by atoms with Crippen LogP contribution >= 0.6 is 11.6 Å². The molecule has 0 spiro atoms. The Bertz CT molecular complexity index is 130. The maximum absolute atomic E-state index is 10.3. The van der Waals surface area contributed by atoms with Gasteiger partial charge in [-0.05, 0) is 20.0 Å². The summed E-state index contributed by atoms with van der Waals surface area (Å²) >= 11 is 5.51. The first kappa shape index (κ1) is 10.7. The van der Waals surface area contributed by atoms with E-state index in [0.29, 0.717) is 6.54 Å². The molecule has 0 heterocycles. The first-order chi connectivity index (χ1) is 5.07. The van der Waals surface area contributed by atoms with Gasteiger partial charge in [0.25, 0.3) is 0 Å². The van der Waals surface area contributed by atoms with Crippen LogP contribution in [0.15, 0.2) is 0 Å². The van der Waals surface area contributed by atoms with Crippen LogP contribution in [0.1, 0.15) is 13.3 Å². The molecular formula is C7H14ClNO2. The number of rotatable bonds is 5. The maximum atomic E-state index is 10.3. The molecule has 0 aromatic carbocycles. The summed E-state index contributed by atoms with van der Waals surface area (Å²) in [5.74, 6) is -0.949. The van der Waals surface area contributed by atoms with Gasteiger partial charge < -0.3 is 10.0 Å². The molecule has 0 aliphatic heterocycles. The van der Waals surface area contributed by atoms with Crippen LogP contribution in [0.3, 0.4) is 0 Å². The van der Waals surface area contributed by atoms with Gasteiger partial charge in [0.1, 0.15) is 5.38 Å². The van der Waals surface area contributed by atoms with E-state index < -0.39 is 11.3 Å². The Labute approximate surface area is 71.9 Å². The minimum atomic E-state index is -0.949. The molecule has 3 nitrogen and oxygen atoms in total. The molecule has 0 fully saturated rings. The topological polar surface area (TPSA) is 40.5 Å². The first-order valence-electron chi connectivity index (χ1n) is 3.63. The molecule has 0 aliphatic rings. The molecule has 0 aromatic rings. The zero-order valence-electron chi connectivity index (χ0n) is 6.88. The van der Waals surface area contributed by atoms with Crippen LogP contribution in [0, 0.1) is 0 Å². The quantitative estimate of drug-likeness (QED) is 0.641. The molecule has 1 unspecified atom stereocenters. The fourth-order valence-electron chi connectivity index (χ4n) is 0.825. The number of alkyl halides is 1. The molecule has 0 aliphatic carbocycles. The summed E-state index contributed by atoms with van der Waals surface area (Å²) in [7, 11) is 1.86. The van der Waals surface area contributed by atoms with Crippen molar-refractivity contribution in [1.82, 2.24) is 4.90 Å². The highest BCUT2D eigenvalue weighted by Crippen LogP contribution is 1.98. The van der Waals surface area contributed by atoms with Crippen molar-refractivity contribution in [3.8, 4) is 0 Å². The van der Waals surface area contributed by atoms with Crippen molar-refractivity contribution in [1.29, 1.82) is 0 Å². The fourth-order valence-corrected chi connectivity index (χ4v) is 1.06. The minimum absolute atomic E-state index is 0.407. The van der Waals surface area contributed by atoms with Crippen LogP contribution in [-0.4, -0.2) is 41.5 Å². The predicted molar refractivity (Wildman–Crippen MR) is 45.1 cm³/mol. The van der Waals surface area contributed by atoms with E-state index in [4.69, 9.17) is 16.7 Å². The van der Waals surface area contributed by atoms with Gasteiger partial charge in [0.2, 0.25) is 0 Å². The summed E-state index contributed by atoms with van der Waals surface area (Å²) in [5, 5.41) is 7.65. The Hall–Kier alpha value is -0.280. The second-order valence-electron chi connectivity index (χ2n) is 2.57. The van der Waals surface area contributed by atoms with E-state index in [9.17, 15) is 4.79 Å². The number of carboxylic acid groups (broad SMARTS) is 1. The Kier molecular flexibility index (Phi) is 5.24. The molecule has 0 amide bonds. The lowest BCUT2D eigenvalue weighted by Crippen LogP contribution is -2.31. The van der Waals surface area contributed by atoms with Gasteiger partial charge in [0, 0.05) is 6.54 Å². The number of carbonyl (C=O) groups is 1. The van der Waals surface area contributed by atoms with Crippen molar-refractivity contribution in [2.24, 2.45) is 0 Å². The normalized spacial score (nSPS) is 13.5. The van der Waals surface area contributed by atoms with E-state index in [0.717, 1.165) is 13.0 Å². The lowest BCUT2D eigenvalue weighted by atomic mass is 10.3. The van der Waals surface area contributed by atoms with E-state index in [1.807, 2.05) is 18.9 Å². The average molecular weight is 180 g/mol. The highest BCUT2D eigenvalue weighted by atomic mass is 35.5. The Morgan fingerprint density at radius 1 is 1.73 bits per heavy atom. The molecular weight excluding hydrogens is 166 g/mol. The highest BCUT2D eigenvalue weighted by Gasteiger charge is 2.14. The van der Waals surface area contributed by atoms with Crippen molar-refractivity contribution < 1.29 is 9.90 Å². The molecule has 0 radical (unpaired) electrons. The molecule has 0 saturated heterocycles. The Morgan fingerprint density at radius 2 is 2.27 bits per heavy atom. The average Bonchev–Trinajstić information content (AvgIpc) is 1.87. The van der Waals surface area contributed by atoms with Crippen molar-refractivity contribution in [2.75, 3.05) is 20.1 Å². The Balaban J connectivity index is 3.56. The SMILES string of the molecule is CCCN(C)CC(Cl)C(=O)O. The summed E-state index contributed by atoms with van der Waals surface area (Å²) in [5.41, 5.74) is 0. The summed E-state index contributed by atoms with van der Waals surface area (Å²) in [6.07, 6.45) is 1.01. The molecule has 0 rings (SSSR count). The number of nitrogens with zero attached hydrogens (tertiary/aromatic N) is 1. The molecule has 11 heavy (non-hydrogen) atoms. The van der Waals surface area contributed by atoms with Gasteiger partial charge >= 0.3 is 5.97 Å². The number of hydrogen-bond donors (Lipinski definition) is 1. The van der Waals surface area contributed by atoms with Crippen molar-refractivity contribution in [2.45, 2.75) is 18.7 Å². The van der Waals surface area contributed by atoms with Crippen LogP contribution in [0.5, 0.6) is 0 Å². The number of hydrogen-bond acceptors (Lipinski definition) is 2. The third-order valence-corrected chi connectivity index (χ3v) is 1.67. The largest absolute Gasteiger partial charge is 0.480 e. The monoisotopic (exact) mass is 179 g/mol. The fraction of sp³-hybridized carbons (Fsp3) is 0.857. The standard InChI is InChI=1S/C7H14ClNO2/c1-3-4-9(2)5-6(8)7(10)11/h6H,3-5H2,1-2H3,(H,10,11). The van der Waals surface area contributed by atoms with E-state index in [1.54, 1.807) is 0 Å². The summed E-state index contributed by atoms with van der Waals surface area (Å²) in [6, 6.07) is 0. The third-order valence-electron chi connectivity index (χ3n) is 1.35. The van der Waals surface area contributed by atoms with Crippen LogP contribution in [0.25, 0.3) is 0 Å². The molecule has 0 bridgehead atoms. The smallest absolute Gasteiger partial charge is 0.322 e. The maximum Gasteiger partial charge on any atom is 0.322 e. The number of carboxylic acids is 1. The van der Waals surface area contributed by atoms with Crippen LogP contribution < -0.4 is 0 Å². The van der Waals surface area contributed by atoms with Gasteiger partial charge in [-0.3, -0.25) is 4.79 Å². The number of halogens is 1. The van der Waals surface area contributed by atoms with E-state index >= 15 is 0 Å². The van der Waals surface area contributed by atoms with E-state index in [-0.39, 0.29) is 0 Å². The zero-order chi connectivity index (χ0) is 8.85. The second kappa shape index (κ2) is 5.38. The molecule has 0 aromatic heterocycles. The molecule has 1 N–H and O–H groups in total. The molecule has 4 heteroatoms. The van der Waals surface area contributed by atoms with Crippen molar-refractivity contribution in [3.05, 3.63) is 0 Å². The van der Waals surface area contributed by atoms with Crippen molar-refractivity contribution in [3.63, 3.8) is 0 Å². The molecule has 66 valence electrons. The highest BCUT2D eigenvalue weighted by molar-refractivity contribution is 6.29. The summed E-state index contributed by atoms with van der Waals surface area (Å²) in [4.78, 5) is 12.2. The minimum Gasteiger partial charge on any atom is -0.480 e. The summed E-state index contributed by atoms with van der Waals surface area (Å²) in [6.45, 7) is 3.34. The van der Waals surface area contributed by atoms with Gasteiger partial charge in [-0.25, -0.2) is 0 Å². The van der Waals surface area contributed by atoms with Gasteiger partial charge in [0.05, 0.1) is 0 Å². The molecule has 1 atom stereocenters. The van der Waals surface area contributed by atoms with Crippen molar-refractivity contribution >= 4 is 17.6 Å². The van der Waals surface area contributed by atoms with Gasteiger partial charge in [-0.1, -0.05) is 6.92 Å². The van der Waals surface area contributed by atoms with Gasteiger partial charge in [-0.15, -0.1) is 11.6 Å². The lowest BCUT2D eigenvalue weighted by molar-refractivity contribution is -0.136. The van der Waals surface area contributed by atoms with E-state index in [1.165, 1.54) is 0 Å². The lowest BCUT2D eigenvalue weighted by Gasteiger charge is -2.16. The van der Waals surface area contributed by atoms with Crippen LogP contribution in [0.4, 0.5) is 0 Å². The van der Waals surface area contributed by atoms with Crippen LogP contribution in [-0.2, 0) is 4.79 Å². The van der Waals surface area contributed by atoms with Gasteiger partial charge in [0.15, 0.2) is 0 Å². The molecule has 0 saturated carbocycles. The van der Waals surface area contributed by atoms with Gasteiger partial charge in [-0.2, -0.15) is 0 Å². The number of aliphatic carboxylic acids is 1.